The van der Waals surface area contributed by atoms with Crippen LogP contribution < -0.4 is 9.62 Å². The molecule has 0 spiro atoms. The Hall–Kier alpha value is -2.65. The first-order chi connectivity index (χ1) is 16.3. The highest BCUT2D eigenvalue weighted by atomic mass is 35.5. The standard InChI is InChI=1S/C25H33ClFN3O4S/c1-6-23(25(32)28-14-17(2)3)29(15-19-9-7-18(4)8-10-19)24(31)16-30(35(5,33)34)20-11-12-22(27)21(26)13-20/h7-13,17,23H,6,14-16H2,1-5H3,(H,28,32)/t23-/m1/s1. The first kappa shape index (κ1) is 28.6. The van der Waals surface area contributed by atoms with Crippen LogP contribution in [0.5, 0.6) is 0 Å². The highest BCUT2D eigenvalue weighted by Crippen LogP contribution is 2.25. The fraction of sp³-hybridized carbons (Fsp3) is 0.440. The number of aryl methyl sites for hydroxylation is 1. The van der Waals surface area contributed by atoms with Crippen LogP contribution in [0.1, 0.15) is 38.3 Å². The number of anilines is 1. The number of halogens is 2. The number of amides is 2. The molecule has 2 amide bonds. The molecule has 35 heavy (non-hydrogen) atoms. The van der Waals surface area contributed by atoms with Crippen molar-refractivity contribution in [2.45, 2.75) is 46.7 Å². The molecule has 0 aliphatic heterocycles. The highest BCUT2D eigenvalue weighted by molar-refractivity contribution is 7.92. The number of rotatable bonds is 11. The number of sulfonamides is 1. The smallest absolute Gasteiger partial charge is 0.244 e. The summed E-state index contributed by atoms with van der Waals surface area (Å²) in [6, 6.07) is 10.2. The molecule has 0 bridgehead atoms. The fourth-order valence-corrected chi connectivity index (χ4v) is 4.50. The van der Waals surface area contributed by atoms with Crippen LogP contribution in [0, 0.1) is 18.7 Å². The molecule has 10 heteroatoms. The first-order valence-electron chi connectivity index (χ1n) is 11.4. The lowest BCUT2D eigenvalue weighted by molar-refractivity contribution is -0.140. The summed E-state index contributed by atoms with van der Waals surface area (Å²) in [5.41, 5.74) is 1.90. The molecule has 192 valence electrons. The number of nitrogens with one attached hydrogen (secondary N) is 1. The Morgan fingerprint density at radius 3 is 2.26 bits per heavy atom. The van der Waals surface area contributed by atoms with Gasteiger partial charge < -0.3 is 10.2 Å². The van der Waals surface area contributed by atoms with Gasteiger partial charge in [-0.1, -0.05) is 62.2 Å². The molecule has 1 atom stereocenters. The molecule has 0 unspecified atom stereocenters. The summed E-state index contributed by atoms with van der Waals surface area (Å²) in [5, 5.41) is 2.60. The van der Waals surface area contributed by atoms with Crippen molar-refractivity contribution in [2.24, 2.45) is 5.92 Å². The largest absolute Gasteiger partial charge is 0.354 e. The third-order valence-corrected chi connectivity index (χ3v) is 6.84. The third kappa shape index (κ3) is 8.21. The molecule has 1 N–H and O–H groups in total. The molecule has 0 fully saturated rings. The van der Waals surface area contributed by atoms with Crippen LogP contribution in [0.4, 0.5) is 10.1 Å². The van der Waals surface area contributed by atoms with E-state index in [4.69, 9.17) is 11.6 Å². The van der Waals surface area contributed by atoms with E-state index in [2.05, 4.69) is 5.32 Å². The van der Waals surface area contributed by atoms with Crippen LogP contribution >= 0.6 is 11.6 Å². The van der Waals surface area contributed by atoms with Gasteiger partial charge in [-0.05, 0) is 43.0 Å². The Bertz CT molecular complexity index is 1140. The lowest BCUT2D eigenvalue weighted by Crippen LogP contribution is -2.52. The fourth-order valence-electron chi connectivity index (χ4n) is 3.49. The van der Waals surface area contributed by atoms with Crippen molar-refractivity contribution in [3.05, 3.63) is 64.4 Å². The van der Waals surface area contributed by atoms with Crippen molar-refractivity contribution in [1.29, 1.82) is 0 Å². The van der Waals surface area contributed by atoms with Gasteiger partial charge in [0.15, 0.2) is 0 Å². The summed E-state index contributed by atoms with van der Waals surface area (Å²) in [7, 11) is -3.92. The molecule has 7 nitrogen and oxygen atoms in total. The molecule has 2 aromatic carbocycles. The molecule has 2 rings (SSSR count). The molecular weight excluding hydrogens is 493 g/mol. The number of benzene rings is 2. The lowest BCUT2D eigenvalue weighted by Gasteiger charge is -2.33. The number of hydrogen-bond donors (Lipinski definition) is 1. The van der Waals surface area contributed by atoms with Crippen molar-refractivity contribution < 1.29 is 22.4 Å². The molecule has 0 heterocycles. The van der Waals surface area contributed by atoms with Gasteiger partial charge >= 0.3 is 0 Å². The zero-order chi connectivity index (χ0) is 26.3. The zero-order valence-corrected chi connectivity index (χ0v) is 22.3. The summed E-state index contributed by atoms with van der Waals surface area (Å²) in [6.07, 6.45) is 1.29. The predicted molar refractivity (Wildman–Crippen MR) is 137 cm³/mol. The average molecular weight is 526 g/mol. The Labute approximate surface area is 212 Å². The van der Waals surface area contributed by atoms with Gasteiger partial charge in [0.2, 0.25) is 21.8 Å². The molecule has 0 aromatic heterocycles. The van der Waals surface area contributed by atoms with E-state index in [1.807, 2.05) is 45.0 Å². The van der Waals surface area contributed by atoms with Gasteiger partial charge in [-0.2, -0.15) is 0 Å². The van der Waals surface area contributed by atoms with Crippen LogP contribution in [-0.4, -0.2) is 50.5 Å². The molecule has 0 aliphatic rings. The van der Waals surface area contributed by atoms with Crippen molar-refractivity contribution in [3.63, 3.8) is 0 Å². The van der Waals surface area contributed by atoms with Gasteiger partial charge in [-0.3, -0.25) is 13.9 Å². The van der Waals surface area contributed by atoms with Crippen LogP contribution in [0.3, 0.4) is 0 Å². The van der Waals surface area contributed by atoms with Crippen LogP contribution in [0.25, 0.3) is 0 Å². The van der Waals surface area contributed by atoms with E-state index < -0.39 is 34.3 Å². The lowest BCUT2D eigenvalue weighted by atomic mass is 10.1. The number of carbonyl (C=O) groups is 2. The van der Waals surface area contributed by atoms with E-state index in [9.17, 15) is 22.4 Å². The summed E-state index contributed by atoms with van der Waals surface area (Å²) >= 11 is 5.86. The van der Waals surface area contributed by atoms with Gasteiger partial charge in [-0.25, -0.2) is 12.8 Å². The maximum Gasteiger partial charge on any atom is 0.244 e. The second-order valence-corrected chi connectivity index (χ2v) is 11.3. The van der Waals surface area contributed by atoms with Crippen molar-refractivity contribution in [2.75, 3.05) is 23.7 Å². The molecule has 0 aliphatic carbocycles. The zero-order valence-electron chi connectivity index (χ0n) is 20.7. The SMILES string of the molecule is CC[C@H](C(=O)NCC(C)C)N(Cc1ccc(C)cc1)C(=O)CN(c1ccc(F)c(Cl)c1)S(C)(=O)=O. The van der Waals surface area contributed by atoms with Crippen LogP contribution in [-0.2, 0) is 26.2 Å². The molecule has 2 aromatic rings. The van der Waals surface area contributed by atoms with E-state index in [-0.39, 0.29) is 29.1 Å². The summed E-state index contributed by atoms with van der Waals surface area (Å²) in [5.74, 6) is -1.36. The van der Waals surface area contributed by atoms with Gasteiger partial charge in [0.1, 0.15) is 18.4 Å². The van der Waals surface area contributed by atoms with Crippen molar-refractivity contribution in [3.8, 4) is 0 Å². The molecule has 0 saturated carbocycles. The summed E-state index contributed by atoms with van der Waals surface area (Å²) in [6.45, 7) is 7.67. The van der Waals surface area contributed by atoms with Gasteiger partial charge in [0, 0.05) is 13.1 Å². The van der Waals surface area contributed by atoms with Crippen LogP contribution in [0.15, 0.2) is 42.5 Å². The van der Waals surface area contributed by atoms with E-state index in [0.717, 1.165) is 33.8 Å². The van der Waals surface area contributed by atoms with Gasteiger partial charge in [-0.15, -0.1) is 0 Å². The van der Waals surface area contributed by atoms with Gasteiger partial charge in [0.05, 0.1) is 17.0 Å². The molecule has 0 radical (unpaired) electrons. The highest BCUT2D eigenvalue weighted by Gasteiger charge is 2.32. The van der Waals surface area contributed by atoms with E-state index in [0.29, 0.717) is 13.0 Å². The van der Waals surface area contributed by atoms with Crippen molar-refractivity contribution in [1.82, 2.24) is 10.2 Å². The van der Waals surface area contributed by atoms with E-state index in [1.54, 1.807) is 6.92 Å². The number of hydrogen-bond acceptors (Lipinski definition) is 4. The maximum absolute atomic E-state index is 13.7. The predicted octanol–water partition coefficient (Wildman–Crippen LogP) is 4.13. The minimum Gasteiger partial charge on any atom is -0.354 e. The Kier molecular flexibility index (Phi) is 10.1. The quantitative estimate of drug-likeness (QED) is 0.478. The Balaban J connectivity index is 2.43. The van der Waals surface area contributed by atoms with Crippen LogP contribution in [0.2, 0.25) is 5.02 Å². The molecule has 0 saturated heterocycles. The second-order valence-electron chi connectivity index (χ2n) is 8.94. The topological polar surface area (TPSA) is 86.8 Å². The minimum atomic E-state index is -3.92. The second kappa shape index (κ2) is 12.4. The monoisotopic (exact) mass is 525 g/mol. The van der Waals surface area contributed by atoms with Crippen molar-refractivity contribution >= 4 is 39.1 Å². The first-order valence-corrected chi connectivity index (χ1v) is 13.6. The van der Waals surface area contributed by atoms with E-state index >= 15 is 0 Å². The maximum atomic E-state index is 13.7. The number of carbonyl (C=O) groups excluding carboxylic acids is 2. The minimum absolute atomic E-state index is 0.0554. The van der Waals surface area contributed by atoms with Gasteiger partial charge in [0.25, 0.3) is 0 Å². The summed E-state index contributed by atoms with van der Waals surface area (Å²) in [4.78, 5) is 28.0. The Morgan fingerprint density at radius 2 is 1.74 bits per heavy atom. The number of nitrogens with zero attached hydrogens (tertiary/aromatic N) is 2. The average Bonchev–Trinajstić information content (AvgIpc) is 2.78. The normalized spacial score (nSPS) is 12.3. The Morgan fingerprint density at radius 1 is 1.11 bits per heavy atom. The van der Waals surface area contributed by atoms with E-state index in [1.165, 1.54) is 11.0 Å². The molecular formula is C25H33ClFN3O4S. The summed E-state index contributed by atoms with van der Waals surface area (Å²) < 4.78 is 39.7. The third-order valence-electron chi connectivity index (χ3n) is 5.41.